The number of fused-ring (bicyclic) bond motifs is 1. The van der Waals surface area contributed by atoms with Crippen molar-refractivity contribution in [3.05, 3.63) is 77.9 Å². The number of rotatable bonds is 6. The van der Waals surface area contributed by atoms with Gasteiger partial charge in [-0.25, -0.2) is 9.37 Å². The summed E-state index contributed by atoms with van der Waals surface area (Å²) in [6.45, 7) is -0.359. The van der Waals surface area contributed by atoms with E-state index in [1.54, 1.807) is 34.9 Å². The van der Waals surface area contributed by atoms with Crippen LogP contribution in [0.4, 0.5) is 17.6 Å². The summed E-state index contributed by atoms with van der Waals surface area (Å²) in [4.78, 5) is 4.16. The van der Waals surface area contributed by atoms with Gasteiger partial charge in [-0.15, -0.1) is 13.2 Å². The van der Waals surface area contributed by atoms with Gasteiger partial charge in [0.25, 0.3) is 0 Å². The zero-order valence-corrected chi connectivity index (χ0v) is 16.9. The number of alkyl halides is 3. The lowest BCUT2D eigenvalue weighted by Gasteiger charge is -2.12. The zero-order chi connectivity index (χ0) is 22.9. The Labute approximate surface area is 180 Å². The van der Waals surface area contributed by atoms with Crippen LogP contribution in [0.2, 0.25) is 0 Å². The third-order valence-corrected chi connectivity index (χ3v) is 5.05. The van der Waals surface area contributed by atoms with E-state index >= 15 is 0 Å². The van der Waals surface area contributed by atoms with E-state index in [-0.39, 0.29) is 6.54 Å². The highest BCUT2D eigenvalue weighted by Gasteiger charge is 2.31. The molecule has 9 heteroatoms. The van der Waals surface area contributed by atoms with E-state index in [1.807, 2.05) is 0 Å². The zero-order valence-electron chi connectivity index (χ0n) is 16.9. The normalized spacial score (nSPS) is 11.7. The minimum atomic E-state index is -4.86. The number of methoxy groups -OCH3 is 1. The lowest BCUT2D eigenvalue weighted by Crippen LogP contribution is -2.17. The summed E-state index contributed by atoms with van der Waals surface area (Å²) in [7, 11) is 1.46. The van der Waals surface area contributed by atoms with Crippen molar-refractivity contribution in [1.82, 2.24) is 9.55 Å². The average Bonchev–Trinajstić information content (AvgIpc) is 3.06. The topological polar surface area (TPSA) is 56.5 Å². The Bertz CT molecular complexity index is 1250. The number of benzene rings is 2. The molecule has 0 unspecified atom stereocenters. The first-order valence-electron chi connectivity index (χ1n) is 9.56. The SMILES string of the molecule is COc1ccc(-c2c(CO)n(Cc3ccccc3F)c3ccc(OC(F)(F)F)cc23)cn1. The number of aliphatic hydroxyl groups excluding tert-OH is 1. The molecule has 4 rings (SSSR count). The smallest absolute Gasteiger partial charge is 0.481 e. The number of hydrogen-bond donors (Lipinski definition) is 1. The highest BCUT2D eigenvalue weighted by Crippen LogP contribution is 2.38. The van der Waals surface area contributed by atoms with Crippen molar-refractivity contribution >= 4 is 10.9 Å². The molecule has 0 spiro atoms. The molecule has 0 aliphatic carbocycles. The van der Waals surface area contributed by atoms with Crippen molar-refractivity contribution < 1.29 is 32.1 Å². The molecule has 0 fully saturated rings. The Hall–Kier alpha value is -3.59. The van der Waals surface area contributed by atoms with Crippen LogP contribution < -0.4 is 9.47 Å². The average molecular weight is 446 g/mol. The van der Waals surface area contributed by atoms with Crippen LogP contribution in [-0.4, -0.2) is 28.1 Å². The third kappa shape index (κ3) is 4.24. The lowest BCUT2D eigenvalue weighted by atomic mass is 10.0. The van der Waals surface area contributed by atoms with Gasteiger partial charge < -0.3 is 19.1 Å². The van der Waals surface area contributed by atoms with Crippen molar-refractivity contribution in [3.8, 4) is 22.8 Å². The number of nitrogens with zero attached hydrogens (tertiary/aromatic N) is 2. The molecule has 0 atom stereocenters. The number of aliphatic hydroxyl groups is 1. The second-order valence-corrected chi connectivity index (χ2v) is 6.97. The maximum absolute atomic E-state index is 14.3. The third-order valence-electron chi connectivity index (χ3n) is 5.05. The Kier molecular flexibility index (Phi) is 5.75. The largest absolute Gasteiger partial charge is 0.573 e. The van der Waals surface area contributed by atoms with E-state index < -0.39 is 24.5 Å². The van der Waals surface area contributed by atoms with Crippen LogP contribution in [0.3, 0.4) is 0 Å². The molecule has 0 bridgehead atoms. The molecule has 0 amide bonds. The molecular weight excluding hydrogens is 428 g/mol. The van der Waals surface area contributed by atoms with Crippen LogP contribution in [0, 0.1) is 5.82 Å². The summed E-state index contributed by atoms with van der Waals surface area (Å²) in [6, 6.07) is 13.4. The molecule has 5 nitrogen and oxygen atoms in total. The standard InChI is InChI=1S/C23H18F4N2O3/c1-31-21-9-6-14(11-28-21)22-17-10-16(32-23(25,26)27)7-8-19(17)29(20(22)13-30)12-15-4-2-3-5-18(15)24/h2-11,30H,12-13H2,1H3. The molecule has 1 N–H and O–H groups in total. The molecule has 2 aromatic heterocycles. The summed E-state index contributed by atoms with van der Waals surface area (Å²) in [5.74, 6) is -0.473. The summed E-state index contributed by atoms with van der Waals surface area (Å²) in [6.07, 6.45) is -3.36. The van der Waals surface area contributed by atoms with Crippen LogP contribution >= 0.6 is 0 Å². The van der Waals surface area contributed by atoms with Crippen molar-refractivity contribution in [2.24, 2.45) is 0 Å². The summed E-state index contributed by atoms with van der Waals surface area (Å²) in [5.41, 5.74) is 2.31. The Balaban J connectivity index is 1.95. The quantitative estimate of drug-likeness (QED) is 0.409. The van der Waals surface area contributed by atoms with E-state index in [9.17, 15) is 22.7 Å². The first-order chi connectivity index (χ1) is 15.3. The summed E-state index contributed by atoms with van der Waals surface area (Å²) < 4.78 is 63.6. The van der Waals surface area contributed by atoms with Crippen molar-refractivity contribution in [1.29, 1.82) is 0 Å². The predicted molar refractivity (Wildman–Crippen MR) is 110 cm³/mol. The predicted octanol–water partition coefficient (Wildman–Crippen LogP) is 5.29. The van der Waals surface area contributed by atoms with Crippen molar-refractivity contribution in [3.63, 3.8) is 0 Å². The van der Waals surface area contributed by atoms with Crippen LogP contribution in [-0.2, 0) is 13.2 Å². The number of aromatic nitrogens is 2. The molecule has 166 valence electrons. The van der Waals surface area contributed by atoms with Crippen LogP contribution in [0.15, 0.2) is 60.8 Å². The fraction of sp³-hybridized carbons (Fsp3) is 0.174. The van der Waals surface area contributed by atoms with Gasteiger partial charge >= 0.3 is 6.36 Å². The summed E-state index contributed by atoms with van der Waals surface area (Å²) in [5, 5.41) is 10.6. The van der Waals surface area contributed by atoms with E-state index in [1.165, 1.54) is 37.6 Å². The van der Waals surface area contributed by atoms with Crippen molar-refractivity contribution in [2.45, 2.75) is 19.5 Å². The van der Waals surface area contributed by atoms with E-state index in [4.69, 9.17) is 4.74 Å². The van der Waals surface area contributed by atoms with Gasteiger partial charge in [-0.3, -0.25) is 0 Å². The van der Waals surface area contributed by atoms with Gasteiger partial charge in [-0.05, 0) is 30.3 Å². The maximum atomic E-state index is 14.3. The Morgan fingerprint density at radius 2 is 1.84 bits per heavy atom. The molecule has 2 aromatic carbocycles. The highest BCUT2D eigenvalue weighted by molar-refractivity contribution is 5.99. The molecular formula is C23H18F4N2O3. The van der Waals surface area contributed by atoms with Gasteiger partial charge in [0.05, 0.1) is 26.0 Å². The maximum Gasteiger partial charge on any atom is 0.573 e. The number of pyridine rings is 1. The van der Waals surface area contributed by atoms with Gasteiger partial charge in [0.2, 0.25) is 5.88 Å². The monoisotopic (exact) mass is 446 g/mol. The molecule has 0 aliphatic heterocycles. The molecule has 0 radical (unpaired) electrons. The number of halogens is 4. The van der Waals surface area contributed by atoms with Gasteiger partial charge in [0.1, 0.15) is 11.6 Å². The fourth-order valence-corrected chi connectivity index (χ4v) is 3.70. The number of hydrogen-bond acceptors (Lipinski definition) is 4. The van der Waals surface area contributed by atoms with Gasteiger partial charge in [-0.2, -0.15) is 0 Å². The molecule has 0 aliphatic rings. The molecule has 0 saturated heterocycles. The molecule has 2 heterocycles. The van der Waals surface area contributed by atoms with Gasteiger partial charge in [-0.1, -0.05) is 18.2 Å². The van der Waals surface area contributed by atoms with Crippen LogP contribution in [0.25, 0.3) is 22.0 Å². The second-order valence-electron chi connectivity index (χ2n) is 6.97. The molecule has 32 heavy (non-hydrogen) atoms. The Morgan fingerprint density at radius 3 is 2.47 bits per heavy atom. The van der Waals surface area contributed by atoms with E-state index in [2.05, 4.69) is 9.72 Å². The first-order valence-corrected chi connectivity index (χ1v) is 9.56. The first kappa shape index (κ1) is 21.6. The van der Waals surface area contributed by atoms with Crippen LogP contribution in [0.5, 0.6) is 11.6 Å². The number of ether oxygens (including phenoxy) is 2. The van der Waals surface area contributed by atoms with E-state index in [0.717, 1.165) is 0 Å². The van der Waals surface area contributed by atoms with Gasteiger partial charge in [0, 0.05) is 39.9 Å². The summed E-state index contributed by atoms with van der Waals surface area (Å²) >= 11 is 0. The fourth-order valence-electron chi connectivity index (χ4n) is 3.70. The minimum absolute atomic E-state index is 0.0716. The Morgan fingerprint density at radius 1 is 1.06 bits per heavy atom. The van der Waals surface area contributed by atoms with Crippen LogP contribution in [0.1, 0.15) is 11.3 Å². The van der Waals surface area contributed by atoms with Gasteiger partial charge in [0.15, 0.2) is 0 Å². The highest BCUT2D eigenvalue weighted by atomic mass is 19.4. The van der Waals surface area contributed by atoms with Crippen molar-refractivity contribution in [2.75, 3.05) is 7.11 Å². The lowest BCUT2D eigenvalue weighted by molar-refractivity contribution is -0.274. The second kappa shape index (κ2) is 8.51. The molecule has 0 saturated carbocycles. The minimum Gasteiger partial charge on any atom is -0.481 e. The van der Waals surface area contributed by atoms with E-state index in [0.29, 0.717) is 39.2 Å². The molecule has 4 aromatic rings.